The lowest BCUT2D eigenvalue weighted by molar-refractivity contribution is -0.118. The van der Waals surface area contributed by atoms with Gasteiger partial charge in [0.15, 0.2) is 0 Å². The number of ether oxygens (including phenoxy) is 1. The number of carbonyl (C=O) groups excluding carboxylic acids is 1. The molecule has 2 aromatic rings. The summed E-state index contributed by atoms with van der Waals surface area (Å²) in [6.45, 7) is 0. The number of amides is 1. The Labute approximate surface area is 148 Å². The van der Waals surface area contributed by atoms with Crippen molar-refractivity contribution >= 4 is 39.8 Å². The van der Waals surface area contributed by atoms with E-state index in [1.54, 1.807) is 25.1 Å². The minimum absolute atomic E-state index is 0.119. The molecule has 0 bridgehead atoms. The third-order valence-corrected chi connectivity index (χ3v) is 4.68. The average Bonchev–Trinajstić information content (AvgIpc) is 2.57. The van der Waals surface area contributed by atoms with Gasteiger partial charge in [0.05, 0.1) is 19.1 Å². The van der Waals surface area contributed by atoms with E-state index in [4.69, 9.17) is 4.74 Å². The Morgan fingerprint density at radius 1 is 1.26 bits per heavy atom. The Bertz CT molecular complexity index is 675. The molecule has 0 unspecified atom stereocenters. The van der Waals surface area contributed by atoms with Crippen molar-refractivity contribution in [1.29, 1.82) is 0 Å². The maximum absolute atomic E-state index is 11.7. The van der Waals surface area contributed by atoms with Crippen LogP contribution in [-0.2, 0) is 10.5 Å². The van der Waals surface area contributed by atoms with E-state index < -0.39 is 0 Å². The van der Waals surface area contributed by atoms with Gasteiger partial charge in [0, 0.05) is 15.8 Å². The average molecular weight is 393 g/mol. The third kappa shape index (κ3) is 6.08. The Hall–Kier alpha value is -1.79. The summed E-state index contributed by atoms with van der Waals surface area (Å²) in [6.07, 6.45) is 1.62. The largest absolute Gasteiger partial charge is 0.497 e. The predicted molar refractivity (Wildman–Crippen MR) is 99.0 cm³/mol. The van der Waals surface area contributed by atoms with Crippen molar-refractivity contribution in [3.05, 3.63) is 64.1 Å². The van der Waals surface area contributed by atoms with Crippen LogP contribution in [0.1, 0.15) is 11.1 Å². The molecular formula is C17H17BrN2O2S. The Kier molecular flexibility index (Phi) is 7.16. The standard InChI is InChI=1S/C17H17BrN2O2S/c1-22-15-8-6-13(7-9-15)11-23-12-17(21)20-19-10-14-4-2-3-5-16(14)18/h2-10H,11-12H2,1H3,(H,20,21)/b19-10+. The highest BCUT2D eigenvalue weighted by molar-refractivity contribution is 9.10. The van der Waals surface area contributed by atoms with E-state index in [-0.39, 0.29) is 5.91 Å². The second-order valence-corrected chi connectivity index (χ2v) is 6.50. The summed E-state index contributed by atoms with van der Waals surface area (Å²) in [5.74, 6) is 1.84. The summed E-state index contributed by atoms with van der Waals surface area (Å²) in [6, 6.07) is 15.5. The highest BCUT2D eigenvalue weighted by atomic mass is 79.9. The van der Waals surface area contributed by atoms with Gasteiger partial charge in [0.25, 0.3) is 0 Å². The molecule has 4 nitrogen and oxygen atoms in total. The lowest BCUT2D eigenvalue weighted by Crippen LogP contribution is -2.19. The van der Waals surface area contributed by atoms with Crippen molar-refractivity contribution in [2.75, 3.05) is 12.9 Å². The van der Waals surface area contributed by atoms with E-state index in [1.165, 1.54) is 0 Å². The lowest BCUT2D eigenvalue weighted by atomic mass is 10.2. The SMILES string of the molecule is COc1ccc(CSCC(=O)N/N=C/c2ccccc2Br)cc1. The summed E-state index contributed by atoms with van der Waals surface area (Å²) >= 11 is 4.97. The molecule has 6 heteroatoms. The minimum atomic E-state index is -0.119. The molecule has 0 aliphatic rings. The maximum Gasteiger partial charge on any atom is 0.250 e. The molecule has 0 atom stereocenters. The molecule has 2 aromatic carbocycles. The zero-order valence-corrected chi connectivity index (χ0v) is 15.1. The molecule has 0 saturated carbocycles. The summed E-state index contributed by atoms with van der Waals surface area (Å²) < 4.78 is 6.05. The fourth-order valence-corrected chi connectivity index (χ4v) is 2.94. The Morgan fingerprint density at radius 2 is 2.00 bits per heavy atom. The first-order chi connectivity index (χ1) is 11.2. The first-order valence-corrected chi connectivity index (χ1v) is 8.91. The van der Waals surface area contributed by atoms with Gasteiger partial charge in [-0.05, 0) is 23.8 Å². The molecule has 2 rings (SSSR count). The Morgan fingerprint density at radius 3 is 2.70 bits per heavy atom. The number of nitrogens with one attached hydrogen (secondary N) is 1. The van der Waals surface area contributed by atoms with Crippen LogP contribution < -0.4 is 10.2 Å². The van der Waals surface area contributed by atoms with Gasteiger partial charge in [-0.15, -0.1) is 11.8 Å². The highest BCUT2D eigenvalue weighted by Gasteiger charge is 2.01. The summed E-state index contributed by atoms with van der Waals surface area (Å²) in [7, 11) is 1.64. The zero-order valence-electron chi connectivity index (χ0n) is 12.7. The van der Waals surface area contributed by atoms with Gasteiger partial charge in [-0.1, -0.05) is 46.3 Å². The smallest absolute Gasteiger partial charge is 0.250 e. The van der Waals surface area contributed by atoms with Gasteiger partial charge in [0.2, 0.25) is 5.91 Å². The molecule has 0 radical (unpaired) electrons. The molecule has 1 N–H and O–H groups in total. The van der Waals surface area contributed by atoms with Gasteiger partial charge >= 0.3 is 0 Å². The second-order valence-electron chi connectivity index (χ2n) is 4.66. The number of rotatable bonds is 7. The van der Waals surface area contributed by atoms with Crippen molar-refractivity contribution in [1.82, 2.24) is 5.43 Å². The van der Waals surface area contributed by atoms with Gasteiger partial charge < -0.3 is 4.74 Å². The van der Waals surface area contributed by atoms with Crippen LogP contribution in [-0.4, -0.2) is 25.0 Å². The number of hydrogen-bond acceptors (Lipinski definition) is 4. The number of benzene rings is 2. The molecule has 23 heavy (non-hydrogen) atoms. The van der Waals surface area contributed by atoms with Crippen molar-refractivity contribution in [2.45, 2.75) is 5.75 Å². The highest BCUT2D eigenvalue weighted by Crippen LogP contribution is 2.16. The number of methoxy groups -OCH3 is 1. The maximum atomic E-state index is 11.7. The van der Waals surface area contributed by atoms with Crippen LogP contribution in [0.25, 0.3) is 0 Å². The molecule has 0 fully saturated rings. The first kappa shape index (κ1) is 17.6. The van der Waals surface area contributed by atoms with Crippen molar-refractivity contribution in [3.8, 4) is 5.75 Å². The third-order valence-electron chi connectivity index (χ3n) is 2.96. The quantitative estimate of drug-likeness (QED) is 0.575. The second kappa shape index (κ2) is 9.37. The van der Waals surface area contributed by atoms with Crippen LogP contribution in [0, 0.1) is 0 Å². The molecule has 0 spiro atoms. The van der Waals surface area contributed by atoms with E-state index >= 15 is 0 Å². The molecule has 1 amide bonds. The topological polar surface area (TPSA) is 50.7 Å². The molecular weight excluding hydrogens is 376 g/mol. The number of nitrogens with zero attached hydrogens (tertiary/aromatic N) is 1. The normalized spacial score (nSPS) is 10.7. The molecule has 0 aliphatic carbocycles. The zero-order chi connectivity index (χ0) is 16.5. The molecule has 0 heterocycles. The molecule has 120 valence electrons. The number of carbonyl (C=O) groups is 1. The molecule has 0 aliphatic heterocycles. The Balaban J connectivity index is 1.71. The van der Waals surface area contributed by atoms with Gasteiger partial charge in [-0.3, -0.25) is 4.79 Å². The number of halogens is 1. The van der Waals surface area contributed by atoms with E-state index in [0.29, 0.717) is 5.75 Å². The number of hydrogen-bond donors (Lipinski definition) is 1. The predicted octanol–water partition coefficient (Wildman–Crippen LogP) is 3.84. The van der Waals surface area contributed by atoms with Gasteiger partial charge in [-0.2, -0.15) is 5.10 Å². The summed E-state index contributed by atoms with van der Waals surface area (Å²) in [5.41, 5.74) is 4.60. The van der Waals surface area contributed by atoms with Crippen LogP contribution in [0.4, 0.5) is 0 Å². The van der Waals surface area contributed by atoms with Crippen LogP contribution in [0.5, 0.6) is 5.75 Å². The van der Waals surface area contributed by atoms with E-state index in [1.807, 2.05) is 48.5 Å². The fourth-order valence-electron chi connectivity index (χ4n) is 1.77. The summed E-state index contributed by atoms with van der Waals surface area (Å²) in [4.78, 5) is 11.7. The van der Waals surface area contributed by atoms with Crippen molar-refractivity contribution < 1.29 is 9.53 Å². The van der Waals surface area contributed by atoms with Crippen LogP contribution in [0.3, 0.4) is 0 Å². The van der Waals surface area contributed by atoms with Gasteiger partial charge in [0.1, 0.15) is 5.75 Å². The minimum Gasteiger partial charge on any atom is -0.497 e. The molecule has 0 saturated heterocycles. The van der Waals surface area contributed by atoms with Crippen molar-refractivity contribution in [2.24, 2.45) is 5.10 Å². The summed E-state index contributed by atoms with van der Waals surface area (Å²) in [5, 5.41) is 3.97. The van der Waals surface area contributed by atoms with Crippen molar-refractivity contribution in [3.63, 3.8) is 0 Å². The monoisotopic (exact) mass is 392 g/mol. The van der Waals surface area contributed by atoms with E-state index in [9.17, 15) is 4.79 Å². The lowest BCUT2D eigenvalue weighted by Gasteiger charge is -2.03. The number of thioether (sulfide) groups is 1. The first-order valence-electron chi connectivity index (χ1n) is 6.96. The van der Waals surface area contributed by atoms with E-state index in [0.717, 1.165) is 27.1 Å². The number of hydrazone groups is 1. The fraction of sp³-hybridized carbons (Fsp3) is 0.176. The molecule has 0 aromatic heterocycles. The van der Waals surface area contributed by atoms with Crippen LogP contribution in [0.15, 0.2) is 58.1 Å². The van der Waals surface area contributed by atoms with Crippen LogP contribution >= 0.6 is 27.7 Å². The van der Waals surface area contributed by atoms with Crippen LogP contribution in [0.2, 0.25) is 0 Å². The van der Waals surface area contributed by atoms with E-state index in [2.05, 4.69) is 26.5 Å². The van der Waals surface area contributed by atoms with Gasteiger partial charge in [-0.25, -0.2) is 5.43 Å².